The maximum Gasteiger partial charge on any atom is 0.264 e. The highest BCUT2D eigenvalue weighted by Crippen LogP contribution is 2.32. The molecular formula is C12H8F2N4O2S. The summed E-state index contributed by atoms with van der Waals surface area (Å²) < 4.78 is 29.1. The largest absolute Gasteiger partial charge is 0.493 e. The van der Waals surface area contributed by atoms with Crippen LogP contribution in [0.15, 0.2) is 28.2 Å². The van der Waals surface area contributed by atoms with Crippen molar-refractivity contribution in [3.05, 3.63) is 40.4 Å². The molecule has 0 radical (unpaired) electrons. The summed E-state index contributed by atoms with van der Waals surface area (Å²) in [6.07, 6.45) is 2.76. The Morgan fingerprint density at radius 1 is 1.29 bits per heavy atom. The molecule has 0 spiro atoms. The maximum absolute atomic E-state index is 14.1. The highest BCUT2D eigenvalue weighted by atomic mass is 32.2. The van der Waals surface area contributed by atoms with Crippen molar-refractivity contribution in [2.24, 2.45) is 0 Å². The summed E-state index contributed by atoms with van der Waals surface area (Å²) in [5.41, 5.74) is -2.00. The van der Waals surface area contributed by atoms with Crippen LogP contribution in [0.2, 0.25) is 0 Å². The summed E-state index contributed by atoms with van der Waals surface area (Å²) in [4.78, 5) is 18.3. The summed E-state index contributed by atoms with van der Waals surface area (Å²) >= 11 is 1.16. The molecule has 9 heteroatoms. The zero-order valence-electron chi connectivity index (χ0n) is 10.6. The SMILES string of the molecule is CSc1cc(F)c(-c2c(O)n3ncnc3[nH]c2=O)c(F)c1. The van der Waals surface area contributed by atoms with Gasteiger partial charge in [0, 0.05) is 4.90 Å². The number of aromatic nitrogens is 4. The molecule has 2 aromatic heterocycles. The fourth-order valence-corrected chi connectivity index (χ4v) is 2.43. The molecule has 2 heterocycles. The Hall–Kier alpha value is -2.42. The molecule has 3 rings (SSSR count). The molecule has 0 aliphatic rings. The van der Waals surface area contributed by atoms with E-state index in [2.05, 4.69) is 15.1 Å². The number of halogens is 2. The van der Waals surface area contributed by atoms with Gasteiger partial charge in [0.15, 0.2) is 0 Å². The lowest BCUT2D eigenvalue weighted by Gasteiger charge is -2.08. The maximum atomic E-state index is 14.1. The third-order valence-corrected chi connectivity index (χ3v) is 3.63. The summed E-state index contributed by atoms with van der Waals surface area (Å²) in [5, 5.41) is 13.7. The predicted molar refractivity (Wildman–Crippen MR) is 72.4 cm³/mol. The molecule has 0 atom stereocenters. The molecule has 0 aliphatic carbocycles. The number of H-pyrrole nitrogens is 1. The van der Waals surface area contributed by atoms with Gasteiger partial charge in [0.1, 0.15) is 23.5 Å². The van der Waals surface area contributed by atoms with E-state index in [1.807, 2.05) is 0 Å². The van der Waals surface area contributed by atoms with E-state index in [1.165, 1.54) is 0 Å². The van der Waals surface area contributed by atoms with Crippen LogP contribution < -0.4 is 5.56 Å². The van der Waals surface area contributed by atoms with Gasteiger partial charge in [-0.25, -0.2) is 8.78 Å². The van der Waals surface area contributed by atoms with Crippen LogP contribution in [0.5, 0.6) is 5.88 Å². The number of benzene rings is 1. The molecular weight excluding hydrogens is 302 g/mol. The normalized spacial score (nSPS) is 11.2. The van der Waals surface area contributed by atoms with Crippen molar-refractivity contribution in [3.63, 3.8) is 0 Å². The molecule has 0 amide bonds. The number of fused-ring (bicyclic) bond motifs is 1. The van der Waals surface area contributed by atoms with Crippen LogP contribution in [0.25, 0.3) is 16.9 Å². The van der Waals surface area contributed by atoms with E-state index in [0.29, 0.717) is 4.90 Å². The molecule has 1 aromatic carbocycles. The molecule has 0 aliphatic heterocycles. The van der Waals surface area contributed by atoms with Crippen molar-refractivity contribution in [3.8, 4) is 17.0 Å². The smallest absolute Gasteiger partial charge is 0.264 e. The predicted octanol–water partition coefficient (Wildman–Crippen LogP) is 1.79. The Morgan fingerprint density at radius 2 is 1.95 bits per heavy atom. The van der Waals surface area contributed by atoms with Gasteiger partial charge in [-0.1, -0.05) is 0 Å². The van der Waals surface area contributed by atoms with Gasteiger partial charge in [-0.05, 0) is 18.4 Å². The second-order valence-electron chi connectivity index (χ2n) is 4.11. The zero-order valence-corrected chi connectivity index (χ0v) is 11.4. The number of hydrogen-bond donors (Lipinski definition) is 2. The quantitative estimate of drug-likeness (QED) is 0.705. The first-order valence-electron chi connectivity index (χ1n) is 5.71. The average Bonchev–Trinajstić information content (AvgIpc) is 2.89. The fraction of sp³-hybridized carbons (Fsp3) is 0.0833. The Morgan fingerprint density at radius 3 is 2.57 bits per heavy atom. The van der Waals surface area contributed by atoms with Gasteiger partial charge in [0.25, 0.3) is 5.56 Å². The Bertz CT molecular complexity index is 883. The minimum absolute atomic E-state index is 0.0252. The van der Waals surface area contributed by atoms with E-state index < -0.39 is 34.2 Å². The second kappa shape index (κ2) is 4.85. The lowest BCUT2D eigenvalue weighted by Crippen LogP contribution is -2.14. The number of thioether (sulfide) groups is 1. The number of hydrogen-bond acceptors (Lipinski definition) is 5. The van der Waals surface area contributed by atoms with Crippen LogP contribution in [0.4, 0.5) is 8.78 Å². The molecule has 0 fully saturated rings. The number of nitrogens with one attached hydrogen (secondary N) is 1. The van der Waals surface area contributed by atoms with E-state index in [1.54, 1.807) is 6.26 Å². The third kappa shape index (κ3) is 2.05. The van der Waals surface area contributed by atoms with Crippen LogP contribution in [0, 0.1) is 11.6 Å². The topological polar surface area (TPSA) is 83.3 Å². The van der Waals surface area contributed by atoms with Crippen LogP contribution >= 0.6 is 11.8 Å². The number of aromatic hydroxyl groups is 1. The summed E-state index contributed by atoms with van der Waals surface area (Å²) in [7, 11) is 0. The van der Waals surface area contributed by atoms with Crippen molar-refractivity contribution in [1.29, 1.82) is 0 Å². The van der Waals surface area contributed by atoms with Crippen molar-refractivity contribution in [1.82, 2.24) is 19.6 Å². The van der Waals surface area contributed by atoms with Gasteiger partial charge < -0.3 is 5.11 Å². The molecule has 0 unspecified atom stereocenters. The van der Waals surface area contributed by atoms with Gasteiger partial charge in [-0.3, -0.25) is 9.78 Å². The molecule has 0 saturated heterocycles. The average molecular weight is 310 g/mol. The van der Waals surface area contributed by atoms with Gasteiger partial charge in [0.2, 0.25) is 11.7 Å². The first-order valence-corrected chi connectivity index (χ1v) is 6.93. The monoisotopic (exact) mass is 310 g/mol. The first kappa shape index (κ1) is 13.6. The molecule has 108 valence electrons. The van der Waals surface area contributed by atoms with Gasteiger partial charge in [0.05, 0.1) is 5.56 Å². The fourth-order valence-electron chi connectivity index (χ4n) is 1.99. The summed E-state index contributed by atoms with van der Waals surface area (Å²) in [6.45, 7) is 0. The van der Waals surface area contributed by atoms with Crippen LogP contribution in [-0.4, -0.2) is 30.9 Å². The van der Waals surface area contributed by atoms with Crippen molar-refractivity contribution in [2.75, 3.05) is 6.26 Å². The molecule has 21 heavy (non-hydrogen) atoms. The van der Waals surface area contributed by atoms with Crippen molar-refractivity contribution < 1.29 is 13.9 Å². The standard InChI is InChI=1S/C12H8F2N4O2S/c1-21-5-2-6(13)8(7(14)3-5)9-10(19)17-12-15-4-16-18(12)11(9)20/h2-4,20H,1H3,(H,15,16,17,19). The number of aromatic amines is 1. The van der Waals surface area contributed by atoms with Crippen LogP contribution in [0.1, 0.15) is 0 Å². The number of rotatable bonds is 2. The molecule has 0 bridgehead atoms. The number of nitrogens with zero attached hydrogens (tertiary/aromatic N) is 3. The first-order chi connectivity index (χ1) is 10.0. The summed E-state index contributed by atoms with van der Waals surface area (Å²) in [6, 6.07) is 2.18. The second-order valence-corrected chi connectivity index (χ2v) is 4.99. The van der Waals surface area contributed by atoms with E-state index in [0.717, 1.165) is 34.7 Å². The van der Waals surface area contributed by atoms with E-state index in [9.17, 15) is 18.7 Å². The Labute approximate surface area is 120 Å². The van der Waals surface area contributed by atoms with Gasteiger partial charge in [-0.15, -0.1) is 11.8 Å². The molecule has 2 N–H and O–H groups in total. The highest BCUT2D eigenvalue weighted by Gasteiger charge is 2.22. The minimum atomic E-state index is -0.945. The third-order valence-electron chi connectivity index (χ3n) is 2.93. The van der Waals surface area contributed by atoms with Gasteiger partial charge >= 0.3 is 0 Å². The van der Waals surface area contributed by atoms with Crippen LogP contribution in [-0.2, 0) is 0 Å². The lowest BCUT2D eigenvalue weighted by molar-refractivity contribution is 0.435. The summed E-state index contributed by atoms with van der Waals surface area (Å²) in [5.74, 6) is -2.59. The molecule has 0 saturated carbocycles. The van der Waals surface area contributed by atoms with Crippen LogP contribution in [0.3, 0.4) is 0 Å². The van der Waals surface area contributed by atoms with E-state index >= 15 is 0 Å². The minimum Gasteiger partial charge on any atom is -0.493 e. The highest BCUT2D eigenvalue weighted by molar-refractivity contribution is 7.98. The Kier molecular flexibility index (Phi) is 3.13. The van der Waals surface area contributed by atoms with Gasteiger partial charge in [-0.2, -0.15) is 14.6 Å². The molecule has 3 aromatic rings. The van der Waals surface area contributed by atoms with Crippen molar-refractivity contribution >= 4 is 17.5 Å². The van der Waals surface area contributed by atoms with E-state index in [-0.39, 0.29) is 5.78 Å². The lowest BCUT2D eigenvalue weighted by atomic mass is 10.1. The van der Waals surface area contributed by atoms with E-state index in [4.69, 9.17) is 0 Å². The van der Waals surface area contributed by atoms with Crippen molar-refractivity contribution in [2.45, 2.75) is 4.90 Å². The molecule has 6 nitrogen and oxygen atoms in total. The zero-order chi connectivity index (χ0) is 15.1. The Balaban J connectivity index is 2.38.